The zero-order chi connectivity index (χ0) is 15.4. The van der Waals surface area contributed by atoms with Gasteiger partial charge in [-0.3, -0.25) is 4.68 Å². The van der Waals surface area contributed by atoms with E-state index in [0.29, 0.717) is 5.92 Å². The summed E-state index contributed by atoms with van der Waals surface area (Å²) in [5.74, 6) is 2.24. The lowest BCUT2D eigenvalue weighted by Gasteiger charge is -2.13. The highest BCUT2D eigenvalue weighted by Crippen LogP contribution is 2.25. The molecule has 0 bridgehead atoms. The second-order valence-corrected chi connectivity index (χ2v) is 6.66. The van der Waals surface area contributed by atoms with Crippen LogP contribution in [0.2, 0.25) is 0 Å². The van der Waals surface area contributed by atoms with E-state index in [1.54, 1.807) is 4.68 Å². The second-order valence-electron chi connectivity index (χ2n) is 5.58. The first-order valence-corrected chi connectivity index (χ1v) is 8.38. The van der Waals surface area contributed by atoms with Gasteiger partial charge < -0.3 is 5.32 Å². The predicted molar refractivity (Wildman–Crippen MR) is 94.3 cm³/mol. The first kappa shape index (κ1) is 16.2. The fourth-order valence-electron chi connectivity index (χ4n) is 2.04. The van der Waals surface area contributed by atoms with Crippen LogP contribution in [0.4, 0.5) is 5.82 Å². The summed E-state index contributed by atoms with van der Waals surface area (Å²) in [5, 5.41) is 7.62. The third-order valence-corrected chi connectivity index (χ3v) is 4.16. The summed E-state index contributed by atoms with van der Waals surface area (Å²) in [6.45, 7) is 7.49. The maximum Gasteiger partial charge on any atom is 0.165 e. The van der Waals surface area contributed by atoms with E-state index in [9.17, 15) is 0 Å². The molecule has 0 aromatic carbocycles. The van der Waals surface area contributed by atoms with Crippen LogP contribution < -0.4 is 5.32 Å². The van der Waals surface area contributed by atoms with Gasteiger partial charge in [0.1, 0.15) is 5.82 Å². The van der Waals surface area contributed by atoms with Crippen molar-refractivity contribution in [1.82, 2.24) is 19.7 Å². The van der Waals surface area contributed by atoms with Gasteiger partial charge in [-0.2, -0.15) is 5.10 Å². The number of aryl methyl sites for hydroxylation is 1. The van der Waals surface area contributed by atoms with Gasteiger partial charge in [-0.25, -0.2) is 9.97 Å². The highest BCUT2D eigenvalue weighted by molar-refractivity contribution is 14.1. The molecule has 0 aliphatic heterocycles. The number of hydrogen-bond acceptors (Lipinski definition) is 4. The summed E-state index contributed by atoms with van der Waals surface area (Å²) in [5.41, 5.74) is 2.07. The van der Waals surface area contributed by atoms with Crippen LogP contribution >= 0.6 is 22.6 Å². The number of rotatable bonds is 6. The van der Waals surface area contributed by atoms with Crippen molar-refractivity contribution >= 4 is 28.4 Å². The smallest absolute Gasteiger partial charge is 0.165 e. The van der Waals surface area contributed by atoms with Gasteiger partial charge in [-0.15, -0.1) is 0 Å². The van der Waals surface area contributed by atoms with E-state index in [1.165, 1.54) is 0 Å². The molecule has 0 radical (unpaired) electrons. The van der Waals surface area contributed by atoms with Gasteiger partial charge >= 0.3 is 0 Å². The highest BCUT2D eigenvalue weighted by atomic mass is 127. The van der Waals surface area contributed by atoms with Crippen molar-refractivity contribution in [2.45, 2.75) is 33.6 Å². The molecule has 21 heavy (non-hydrogen) atoms. The molecule has 0 saturated carbocycles. The van der Waals surface area contributed by atoms with E-state index in [0.717, 1.165) is 45.9 Å². The van der Waals surface area contributed by atoms with Crippen LogP contribution in [0.3, 0.4) is 0 Å². The summed E-state index contributed by atoms with van der Waals surface area (Å²) < 4.78 is 2.90. The molecule has 2 aromatic rings. The van der Waals surface area contributed by atoms with Gasteiger partial charge in [-0.1, -0.05) is 20.8 Å². The maximum atomic E-state index is 4.75. The molecule has 114 valence electrons. The number of halogens is 1. The van der Waals surface area contributed by atoms with Gasteiger partial charge in [0.15, 0.2) is 5.82 Å². The average Bonchev–Trinajstić information content (AvgIpc) is 2.86. The Labute approximate surface area is 139 Å². The van der Waals surface area contributed by atoms with Crippen molar-refractivity contribution in [3.8, 4) is 11.4 Å². The summed E-state index contributed by atoms with van der Waals surface area (Å²) in [4.78, 5) is 9.43. The second kappa shape index (κ2) is 7.20. The molecule has 0 saturated heterocycles. The van der Waals surface area contributed by atoms with Crippen molar-refractivity contribution in [1.29, 1.82) is 0 Å². The lowest BCUT2D eigenvalue weighted by molar-refractivity contribution is 0.632. The number of nitrogens with one attached hydrogen (secondary N) is 1. The highest BCUT2D eigenvalue weighted by Gasteiger charge is 2.15. The van der Waals surface area contributed by atoms with Crippen molar-refractivity contribution in [3.05, 3.63) is 21.7 Å². The number of anilines is 1. The third kappa shape index (κ3) is 4.15. The topological polar surface area (TPSA) is 55.6 Å². The molecule has 6 heteroatoms. The molecule has 0 unspecified atom stereocenters. The number of hydrogen-bond donors (Lipinski definition) is 1. The first-order chi connectivity index (χ1) is 10.0. The van der Waals surface area contributed by atoms with Gasteiger partial charge in [0.2, 0.25) is 0 Å². The van der Waals surface area contributed by atoms with E-state index in [1.807, 2.05) is 19.4 Å². The molecule has 0 spiro atoms. The Hall–Kier alpha value is -1.18. The Morgan fingerprint density at radius 3 is 2.67 bits per heavy atom. The van der Waals surface area contributed by atoms with E-state index < -0.39 is 0 Å². The van der Waals surface area contributed by atoms with Crippen LogP contribution in [0.5, 0.6) is 0 Å². The number of aromatic nitrogens is 4. The molecular weight excluding hydrogens is 377 g/mol. The normalized spacial score (nSPS) is 11.1. The zero-order valence-corrected chi connectivity index (χ0v) is 15.2. The van der Waals surface area contributed by atoms with Crippen molar-refractivity contribution in [2.75, 3.05) is 11.9 Å². The Morgan fingerprint density at radius 2 is 2.10 bits per heavy atom. The van der Waals surface area contributed by atoms with Gasteiger partial charge in [0, 0.05) is 19.8 Å². The molecule has 0 atom stereocenters. The fraction of sp³-hybridized carbons (Fsp3) is 0.533. The predicted octanol–water partition coefficient (Wildman–Crippen LogP) is 3.50. The van der Waals surface area contributed by atoms with E-state index in [2.05, 4.69) is 58.8 Å². The van der Waals surface area contributed by atoms with Crippen LogP contribution in [-0.4, -0.2) is 26.3 Å². The molecule has 0 aliphatic rings. The van der Waals surface area contributed by atoms with E-state index in [4.69, 9.17) is 4.98 Å². The molecule has 0 amide bonds. The lowest BCUT2D eigenvalue weighted by atomic mass is 10.1. The van der Waals surface area contributed by atoms with E-state index >= 15 is 0 Å². The van der Waals surface area contributed by atoms with Gasteiger partial charge in [0.25, 0.3) is 0 Å². The minimum atomic E-state index is 0.564. The first-order valence-electron chi connectivity index (χ1n) is 7.30. The summed E-state index contributed by atoms with van der Waals surface area (Å²) >= 11 is 2.35. The van der Waals surface area contributed by atoms with Crippen LogP contribution in [0.15, 0.2) is 12.4 Å². The summed E-state index contributed by atoms with van der Waals surface area (Å²) in [6, 6.07) is 0. The van der Waals surface area contributed by atoms with Crippen LogP contribution in [0.25, 0.3) is 11.4 Å². The standard InChI is InChI=1S/C15H22IN5/c1-5-6-17-15-13(16)12(7-10(2)3)19-14(20-15)11-8-18-21(4)9-11/h8-10H,5-7H2,1-4H3,(H,17,19,20). The minimum absolute atomic E-state index is 0.564. The monoisotopic (exact) mass is 399 g/mol. The maximum absolute atomic E-state index is 4.75. The molecular formula is C15H22IN5. The van der Waals surface area contributed by atoms with Crippen molar-refractivity contribution < 1.29 is 0 Å². The molecule has 0 fully saturated rings. The molecule has 2 rings (SSSR count). The van der Waals surface area contributed by atoms with Crippen molar-refractivity contribution in [3.63, 3.8) is 0 Å². The molecule has 5 nitrogen and oxygen atoms in total. The van der Waals surface area contributed by atoms with Gasteiger partial charge in [0.05, 0.1) is 21.0 Å². The average molecular weight is 399 g/mol. The molecule has 0 aliphatic carbocycles. The van der Waals surface area contributed by atoms with E-state index in [-0.39, 0.29) is 0 Å². The molecule has 1 N–H and O–H groups in total. The van der Waals surface area contributed by atoms with Crippen LogP contribution in [0.1, 0.15) is 32.9 Å². The Bertz CT molecular complexity index is 606. The largest absolute Gasteiger partial charge is 0.369 e. The fourth-order valence-corrected chi connectivity index (χ4v) is 2.69. The SMILES string of the molecule is CCCNc1nc(-c2cnn(C)c2)nc(CC(C)C)c1I. The quantitative estimate of drug-likeness (QED) is 0.756. The van der Waals surface area contributed by atoms with Crippen molar-refractivity contribution in [2.24, 2.45) is 13.0 Å². The minimum Gasteiger partial charge on any atom is -0.369 e. The molecule has 2 aromatic heterocycles. The van der Waals surface area contributed by atoms with Crippen LogP contribution in [-0.2, 0) is 13.5 Å². The lowest BCUT2D eigenvalue weighted by Crippen LogP contribution is -2.10. The third-order valence-electron chi connectivity index (χ3n) is 3.03. The molecule has 2 heterocycles. The number of nitrogens with zero attached hydrogens (tertiary/aromatic N) is 4. The Kier molecular flexibility index (Phi) is 5.55. The summed E-state index contributed by atoms with van der Waals surface area (Å²) in [7, 11) is 1.90. The van der Waals surface area contributed by atoms with Crippen LogP contribution in [0, 0.1) is 9.49 Å². The Balaban J connectivity index is 2.44. The zero-order valence-electron chi connectivity index (χ0n) is 13.0. The Morgan fingerprint density at radius 1 is 1.33 bits per heavy atom. The van der Waals surface area contributed by atoms with Gasteiger partial charge in [-0.05, 0) is 41.4 Å². The summed E-state index contributed by atoms with van der Waals surface area (Å²) in [6.07, 6.45) is 5.78.